The number of aromatic nitrogens is 1. The average Bonchev–Trinajstić information content (AvgIpc) is 2.97. The molecule has 2 heterocycles. The van der Waals surface area contributed by atoms with Crippen LogP contribution in [0.15, 0.2) is 23.2 Å². The van der Waals surface area contributed by atoms with Crippen LogP contribution in [0.25, 0.3) is 0 Å². The molecule has 0 spiro atoms. The number of nitriles is 1. The topological polar surface area (TPSA) is 86.1 Å². The van der Waals surface area contributed by atoms with Gasteiger partial charge in [0.2, 0.25) is 10.0 Å². The van der Waals surface area contributed by atoms with Crippen molar-refractivity contribution in [2.75, 3.05) is 26.2 Å². The molecule has 0 saturated carbocycles. The molecule has 1 fully saturated rings. The van der Waals surface area contributed by atoms with Gasteiger partial charge in [-0.15, -0.1) is 0 Å². The summed E-state index contributed by atoms with van der Waals surface area (Å²) in [6, 6.07) is 4.66. The molecule has 6 nitrogen and oxygen atoms in total. The van der Waals surface area contributed by atoms with Crippen LogP contribution in [0.5, 0.6) is 0 Å². The first kappa shape index (κ1) is 14.9. The van der Waals surface area contributed by atoms with E-state index in [9.17, 15) is 8.42 Å². The third kappa shape index (κ3) is 4.00. The van der Waals surface area contributed by atoms with Crippen LogP contribution in [0.1, 0.15) is 25.0 Å². The summed E-state index contributed by atoms with van der Waals surface area (Å²) in [5, 5.41) is 8.63. The number of hydrogen-bond acceptors (Lipinski definition) is 5. The maximum absolute atomic E-state index is 12.0. The van der Waals surface area contributed by atoms with Crippen molar-refractivity contribution in [1.82, 2.24) is 14.6 Å². The highest BCUT2D eigenvalue weighted by Crippen LogP contribution is 2.09. The van der Waals surface area contributed by atoms with Gasteiger partial charge in [-0.05, 0) is 51.0 Å². The van der Waals surface area contributed by atoms with Crippen LogP contribution in [-0.2, 0) is 10.0 Å². The first-order valence-electron chi connectivity index (χ1n) is 6.70. The Kier molecular flexibility index (Phi) is 5.06. The van der Waals surface area contributed by atoms with Crippen molar-refractivity contribution in [3.63, 3.8) is 0 Å². The number of rotatable bonds is 6. The van der Waals surface area contributed by atoms with E-state index in [1.807, 2.05) is 6.07 Å². The number of sulfonamides is 1. The SMILES string of the molecule is N#Cc1ccc(S(=O)(=O)NCCCN2CCCC2)cn1. The van der Waals surface area contributed by atoms with E-state index < -0.39 is 10.0 Å². The van der Waals surface area contributed by atoms with Crippen molar-refractivity contribution in [2.24, 2.45) is 0 Å². The highest BCUT2D eigenvalue weighted by atomic mass is 32.2. The summed E-state index contributed by atoms with van der Waals surface area (Å²) in [6.45, 7) is 3.57. The van der Waals surface area contributed by atoms with E-state index in [-0.39, 0.29) is 10.6 Å². The second-order valence-corrected chi connectivity index (χ2v) is 6.56. The van der Waals surface area contributed by atoms with E-state index in [1.165, 1.54) is 31.2 Å². The largest absolute Gasteiger partial charge is 0.303 e. The van der Waals surface area contributed by atoms with Gasteiger partial charge in [0.25, 0.3) is 0 Å². The Morgan fingerprint density at radius 3 is 2.70 bits per heavy atom. The summed E-state index contributed by atoms with van der Waals surface area (Å²) in [7, 11) is -3.52. The first-order chi connectivity index (χ1) is 9.62. The van der Waals surface area contributed by atoms with Crippen LogP contribution in [-0.4, -0.2) is 44.5 Å². The fraction of sp³-hybridized carbons (Fsp3) is 0.538. The molecule has 0 aliphatic carbocycles. The summed E-state index contributed by atoms with van der Waals surface area (Å²) in [5.74, 6) is 0. The molecule has 1 aromatic rings. The van der Waals surface area contributed by atoms with Gasteiger partial charge in [0.05, 0.1) is 0 Å². The molecule has 0 radical (unpaired) electrons. The predicted molar refractivity (Wildman–Crippen MR) is 74.4 cm³/mol. The van der Waals surface area contributed by atoms with Gasteiger partial charge in [-0.1, -0.05) is 0 Å². The van der Waals surface area contributed by atoms with Gasteiger partial charge in [-0.25, -0.2) is 18.1 Å². The maximum atomic E-state index is 12.0. The second kappa shape index (κ2) is 6.79. The molecule has 20 heavy (non-hydrogen) atoms. The van der Waals surface area contributed by atoms with Gasteiger partial charge in [0.15, 0.2) is 0 Å². The lowest BCUT2D eigenvalue weighted by atomic mass is 10.4. The summed E-state index contributed by atoms with van der Waals surface area (Å²) in [5.41, 5.74) is 0.206. The Bertz CT molecular complexity index is 571. The molecule has 108 valence electrons. The zero-order chi connectivity index (χ0) is 14.4. The smallest absolute Gasteiger partial charge is 0.242 e. The molecule has 0 unspecified atom stereocenters. The van der Waals surface area contributed by atoms with Crippen LogP contribution >= 0.6 is 0 Å². The third-order valence-corrected chi connectivity index (χ3v) is 4.75. The van der Waals surface area contributed by atoms with Crippen LogP contribution in [0, 0.1) is 11.3 Å². The number of likely N-dealkylation sites (tertiary alicyclic amines) is 1. The molecule has 7 heteroatoms. The lowest BCUT2D eigenvalue weighted by molar-refractivity contribution is 0.334. The van der Waals surface area contributed by atoms with Crippen molar-refractivity contribution in [1.29, 1.82) is 5.26 Å². The number of hydrogen-bond donors (Lipinski definition) is 1. The Labute approximate surface area is 119 Å². The van der Waals surface area contributed by atoms with Crippen molar-refractivity contribution in [3.8, 4) is 6.07 Å². The first-order valence-corrected chi connectivity index (χ1v) is 8.18. The number of nitrogens with one attached hydrogen (secondary N) is 1. The molecule has 1 aromatic heterocycles. The van der Waals surface area contributed by atoms with E-state index in [1.54, 1.807) is 0 Å². The molecule has 1 aliphatic heterocycles. The fourth-order valence-corrected chi connectivity index (χ4v) is 3.22. The lowest BCUT2D eigenvalue weighted by Crippen LogP contribution is -2.28. The van der Waals surface area contributed by atoms with Crippen molar-refractivity contribution >= 4 is 10.0 Å². The van der Waals surface area contributed by atoms with Crippen LogP contribution < -0.4 is 4.72 Å². The number of pyridine rings is 1. The van der Waals surface area contributed by atoms with E-state index in [2.05, 4.69) is 14.6 Å². The van der Waals surface area contributed by atoms with Crippen molar-refractivity contribution in [3.05, 3.63) is 24.0 Å². The van der Waals surface area contributed by atoms with Crippen molar-refractivity contribution < 1.29 is 8.42 Å². The van der Waals surface area contributed by atoms with Gasteiger partial charge in [-0.3, -0.25) is 0 Å². The molecule has 0 atom stereocenters. The van der Waals surface area contributed by atoms with Crippen LogP contribution in [0.3, 0.4) is 0 Å². The molecule has 0 amide bonds. The van der Waals surface area contributed by atoms with Crippen LogP contribution in [0.2, 0.25) is 0 Å². The summed E-state index contributed by atoms with van der Waals surface area (Å²) in [4.78, 5) is 6.21. The van der Waals surface area contributed by atoms with Gasteiger partial charge in [0.1, 0.15) is 16.7 Å². The quantitative estimate of drug-likeness (QED) is 0.781. The maximum Gasteiger partial charge on any atom is 0.242 e. The third-order valence-electron chi connectivity index (χ3n) is 3.30. The number of nitrogens with zero attached hydrogens (tertiary/aromatic N) is 3. The van der Waals surface area contributed by atoms with Gasteiger partial charge >= 0.3 is 0 Å². The van der Waals surface area contributed by atoms with Crippen molar-refractivity contribution in [2.45, 2.75) is 24.2 Å². The Morgan fingerprint density at radius 1 is 1.35 bits per heavy atom. The minimum absolute atomic E-state index is 0.0951. The van der Waals surface area contributed by atoms with E-state index in [0.717, 1.165) is 26.1 Å². The molecule has 1 saturated heterocycles. The Balaban J connectivity index is 1.82. The Hall–Kier alpha value is -1.49. The second-order valence-electron chi connectivity index (χ2n) is 4.79. The monoisotopic (exact) mass is 294 g/mol. The molecular weight excluding hydrogens is 276 g/mol. The molecule has 2 rings (SSSR count). The summed E-state index contributed by atoms with van der Waals surface area (Å²) in [6.07, 6.45) is 4.48. The molecule has 1 N–H and O–H groups in total. The lowest BCUT2D eigenvalue weighted by Gasteiger charge is -2.14. The minimum atomic E-state index is -3.52. The van der Waals surface area contributed by atoms with Gasteiger partial charge < -0.3 is 4.90 Å². The highest BCUT2D eigenvalue weighted by Gasteiger charge is 2.15. The molecular formula is C13H18N4O2S. The molecule has 0 bridgehead atoms. The predicted octanol–water partition coefficient (Wildman–Crippen LogP) is 0.717. The summed E-state index contributed by atoms with van der Waals surface area (Å²) >= 11 is 0. The molecule has 1 aliphatic rings. The highest BCUT2D eigenvalue weighted by molar-refractivity contribution is 7.89. The summed E-state index contributed by atoms with van der Waals surface area (Å²) < 4.78 is 26.5. The standard InChI is InChI=1S/C13H18N4O2S/c14-10-12-4-5-13(11-15-12)20(18,19)16-6-3-9-17-7-1-2-8-17/h4-5,11,16H,1-3,6-9H2. The minimum Gasteiger partial charge on any atom is -0.303 e. The zero-order valence-electron chi connectivity index (χ0n) is 11.2. The van der Waals surface area contributed by atoms with E-state index in [0.29, 0.717) is 6.54 Å². The molecule has 0 aromatic carbocycles. The van der Waals surface area contributed by atoms with Crippen LogP contribution in [0.4, 0.5) is 0 Å². The van der Waals surface area contributed by atoms with Gasteiger partial charge in [0, 0.05) is 12.7 Å². The fourth-order valence-electron chi connectivity index (χ4n) is 2.20. The van der Waals surface area contributed by atoms with Gasteiger partial charge in [-0.2, -0.15) is 5.26 Å². The normalized spacial score (nSPS) is 16.1. The zero-order valence-corrected chi connectivity index (χ0v) is 12.1. The van der Waals surface area contributed by atoms with E-state index >= 15 is 0 Å². The Morgan fingerprint density at radius 2 is 2.10 bits per heavy atom. The van der Waals surface area contributed by atoms with E-state index in [4.69, 9.17) is 5.26 Å². The average molecular weight is 294 g/mol.